The molecule has 2 aromatic carbocycles. The average molecular weight is 215 g/mol. The van der Waals surface area contributed by atoms with Gasteiger partial charge < -0.3 is 22.3 Å². The van der Waals surface area contributed by atoms with Crippen LogP contribution in [0.2, 0.25) is 0 Å². The normalized spacial score (nSPS) is 10.2. The second-order valence-electron chi connectivity index (χ2n) is 3.55. The predicted octanol–water partition coefficient (Wildman–Crippen LogP) is 1.81. The fourth-order valence-corrected chi connectivity index (χ4v) is 1.65. The maximum atomic E-state index is 9.78. The number of hydrogen-bond donors (Lipinski definition) is 4. The number of rotatable bonds is 1. The molecular formula is C12H13N3O. The molecule has 0 aliphatic heterocycles. The van der Waals surface area contributed by atoms with Crippen molar-refractivity contribution < 1.29 is 5.11 Å². The number of phenolic OH excluding ortho intramolecular Hbond substituents is 1. The van der Waals surface area contributed by atoms with Gasteiger partial charge in [-0.05, 0) is 18.2 Å². The Bertz CT molecular complexity index is 518. The van der Waals surface area contributed by atoms with Crippen LogP contribution in [0.4, 0.5) is 17.1 Å². The second kappa shape index (κ2) is 3.66. The number of nitrogen functional groups attached to an aromatic ring is 3. The van der Waals surface area contributed by atoms with Crippen molar-refractivity contribution >= 4 is 17.1 Å². The van der Waals surface area contributed by atoms with E-state index >= 15 is 0 Å². The van der Waals surface area contributed by atoms with Crippen LogP contribution in [0.25, 0.3) is 11.1 Å². The van der Waals surface area contributed by atoms with Crippen LogP contribution in [0, 0.1) is 0 Å². The molecule has 0 aliphatic carbocycles. The Labute approximate surface area is 93.3 Å². The standard InChI is InChI=1S/C12H13N3O/c13-8-4-2-6-10(16)11(8)7-3-1-5-9(14)12(7)15/h1-6,16H,13-15H2. The van der Waals surface area contributed by atoms with Crippen molar-refractivity contribution in [2.75, 3.05) is 17.2 Å². The van der Waals surface area contributed by atoms with E-state index in [1.54, 1.807) is 36.4 Å². The van der Waals surface area contributed by atoms with Gasteiger partial charge in [0.1, 0.15) is 5.75 Å². The van der Waals surface area contributed by atoms with Crippen molar-refractivity contribution in [1.82, 2.24) is 0 Å². The lowest BCUT2D eigenvalue weighted by Crippen LogP contribution is -1.98. The van der Waals surface area contributed by atoms with Crippen LogP contribution >= 0.6 is 0 Å². The highest BCUT2D eigenvalue weighted by Gasteiger charge is 2.12. The van der Waals surface area contributed by atoms with Gasteiger partial charge in [-0.1, -0.05) is 18.2 Å². The Morgan fingerprint density at radius 2 is 1.44 bits per heavy atom. The molecule has 0 spiro atoms. The molecule has 4 heteroatoms. The number of anilines is 3. The molecule has 0 aromatic heterocycles. The quantitative estimate of drug-likeness (QED) is 0.545. The largest absolute Gasteiger partial charge is 0.507 e. The number of nitrogens with two attached hydrogens (primary N) is 3. The molecule has 0 saturated heterocycles. The predicted molar refractivity (Wildman–Crippen MR) is 66.8 cm³/mol. The molecular weight excluding hydrogens is 202 g/mol. The van der Waals surface area contributed by atoms with Gasteiger partial charge in [0.05, 0.1) is 11.4 Å². The second-order valence-corrected chi connectivity index (χ2v) is 3.55. The van der Waals surface area contributed by atoms with Crippen LogP contribution in [0.3, 0.4) is 0 Å². The van der Waals surface area contributed by atoms with E-state index in [0.29, 0.717) is 28.2 Å². The summed E-state index contributed by atoms with van der Waals surface area (Å²) >= 11 is 0. The zero-order chi connectivity index (χ0) is 11.7. The zero-order valence-electron chi connectivity index (χ0n) is 8.64. The maximum absolute atomic E-state index is 9.78. The molecule has 82 valence electrons. The molecule has 0 heterocycles. The lowest BCUT2D eigenvalue weighted by Gasteiger charge is -2.12. The highest BCUT2D eigenvalue weighted by molar-refractivity contribution is 5.92. The van der Waals surface area contributed by atoms with Crippen LogP contribution in [-0.2, 0) is 0 Å². The summed E-state index contributed by atoms with van der Waals surface area (Å²) in [5.41, 5.74) is 19.9. The molecule has 0 amide bonds. The minimum absolute atomic E-state index is 0.0947. The molecule has 16 heavy (non-hydrogen) atoms. The van der Waals surface area contributed by atoms with Crippen LogP contribution in [-0.4, -0.2) is 5.11 Å². The summed E-state index contributed by atoms with van der Waals surface area (Å²) in [6, 6.07) is 10.2. The summed E-state index contributed by atoms with van der Waals surface area (Å²) in [5.74, 6) is 0.0947. The summed E-state index contributed by atoms with van der Waals surface area (Å²) in [5, 5.41) is 9.78. The third-order valence-electron chi connectivity index (χ3n) is 2.48. The summed E-state index contributed by atoms with van der Waals surface area (Å²) in [6.07, 6.45) is 0. The third kappa shape index (κ3) is 1.50. The summed E-state index contributed by atoms with van der Waals surface area (Å²) in [6.45, 7) is 0. The lowest BCUT2D eigenvalue weighted by atomic mass is 10.00. The SMILES string of the molecule is Nc1cccc(-c2c(N)cccc2O)c1N. The molecule has 0 fully saturated rings. The Kier molecular flexibility index (Phi) is 2.32. The maximum Gasteiger partial charge on any atom is 0.125 e. The monoisotopic (exact) mass is 215 g/mol. The average Bonchev–Trinajstić information content (AvgIpc) is 2.24. The Morgan fingerprint density at radius 3 is 2.12 bits per heavy atom. The minimum Gasteiger partial charge on any atom is -0.507 e. The fourth-order valence-electron chi connectivity index (χ4n) is 1.65. The van der Waals surface area contributed by atoms with E-state index in [2.05, 4.69) is 0 Å². The first-order valence-electron chi connectivity index (χ1n) is 4.83. The van der Waals surface area contributed by atoms with E-state index in [9.17, 15) is 5.11 Å². The van der Waals surface area contributed by atoms with Crippen molar-refractivity contribution in [3.63, 3.8) is 0 Å². The van der Waals surface area contributed by atoms with Gasteiger partial charge in [-0.3, -0.25) is 0 Å². The molecule has 2 aromatic rings. The molecule has 0 aliphatic rings. The van der Waals surface area contributed by atoms with Crippen LogP contribution in [0.1, 0.15) is 0 Å². The minimum atomic E-state index is 0.0947. The Balaban J connectivity index is 2.73. The van der Waals surface area contributed by atoms with E-state index in [1.807, 2.05) is 0 Å². The number of benzene rings is 2. The highest BCUT2D eigenvalue weighted by Crippen LogP contribution is 2.39. The van der Waals surface area contributed by atoms with E-state index < -0.39 is 0 Å². The van der Waals surface area contributed by atoms with E-state index in [-0.39, 0.29) is 5.75 Å². The molecule has 0 saturated carbocycles. The van der Waals surface area contributed by atoms with Crippen LogP contribution in [0.5, 0.6) is 5.75 Å². The molecule has 0 bridgehead atoms. The van der Waals surface area contributed by atoms with Gasteiger partial charge in [0, 0.05) is 16.8 Å². The smallest absolute Gasteiger partial charge is 0.125 e. The van der Waals surface area contributed by atoms with Gasteiger partial charge in [0.25, 0.3) is 0 Å². The van der Waals surface area contributed by atoms with E-state index in [4.69, 9.17) is 17.2 Å². The first-order chi connectivity index (χ1) is 7.61. The molecule has 4 nitrogen and oxygen atoms in total. The first-order valence-corrected chi connectivity index (χ1v) is 4.83. The van der Waals surface area contributed by atoms with Gasteiger partial charge >= 0.3 is 0 Å². The van der Waals surface area contributed by atoms with Crippen molar-refractivity contribution in [2.45, 2.75) is 0 Å². The van der Waals surface area contributed by atoms with Crippen LogP contribution in [0.15, 0.2) is 36.4 Å². The van der Waals surface area contributed by atoms with Gasteiger partial charge in [0.2, 0.25) is 0 Å². The topological polar surface area (TPSA) is 98.3 Å². The van der Waals surface area contributed by atoms with Crippen molar-refractivity contribution in [3.05, 3.63) is 36.4 Å². The molecule has 7 N–H and O–H groups in total. The molecule has 0 unspecified atom stereocenters. The summed E-state index contributed by atoms with van der Waals surface area (Å²) in [4.78, 5) is 0. The van der Waals surface area contributed by atoms with Crippen molar-refractivity contribution in [3.8, 4) is 16.9 Å². The van der Waals surface area contributed by atoms with E-state index in [1.165, 1.54) is 0 Å². The molecule has 0 radical (unpaired) electrons. The Hall–Kier alpha value is -2.36. The van der Waals surface area contributed by atoms with Crippen LogP contribution < -0.4 is 17.2 Å². The first kappa shape index (κ1) is 10.2. The number of aromatic hydroxyl groups is 1. The lowest BCUT2D eigenvalue weighted by molar-refractivity contribution is 0.477. The van der Waals surface area contributed by atoms with Gasteiger partial charge in [-0.15, -0.1) is 0 Å². The van der Waals surface area contributed by atoms with Crippen molar-refractivity contribution in [1.29, 1.82) is 0 Å². The molecule has 2 rings (SSSR count). The number of para-hydroxylation sites is 1. The number of hydrogen-bond acceptors (Lipinski definition) is 4. The fraction of sp³-hybridized carbons (Fsp3) is 0. The summed E-state index contributed by atoms with van der Waals surface area (Å²) < 4.78 is 0. The summed E-state index contributed by atoms with van der Waals surface area (Å²) in [7, 11) is 0. The zero-order valence-corrected chi connectivity index (χ0v) is 8.64. The molecule has 0 atom stereocenters. The third-order valence-corrected chi connectivity index (χ3v) is 2.48. The van der Waals surface area contributed by atoms with Gasteiger partial charge in [0.15, 0.2) is 0 Å². The van der Waals surface area contributed by atoms with Gasteiger partial charge in [-0.2, -0.15) is 0 Å². The van der Waals surface area contributed by atoms with Gasteiger partial charge in [-0.25, -0.2) is 0 Å². The van der Waals surface area contributed by atoms with E-state index in [0.717, 1.165) is 0 Å². The highest BCUT2D eigenvalue weighted by atomic mass is 16.3. The Morgan fingerprint density at radius 1 is 0.812 bits per heavy atom. The van der Waals surface area contributed by atoms with Crippen molar-refractivity contribution in [2.24, 2.45) is 0 Å². The number of phenols is 1.